The van der Waals surface area contributed by atoms with E-state index in [1.54, 1.807) is 6.20 Å². The van der Waals surface area contributed by atoms with Crippen LogP contribution in [0, 0.1) is 0 Å². The molecule has 0 fully saturated rings. The molecule has 0 radical (unpaired) electrons. The van der Waals surface area contributed by atoms with Crippen LogP contribution in [0.5, 0.6) is 0 Å². The van der Waals surface area contributed by atoms with E-state index in [1.807, 2.05) is 7.05 Å². The van der Waals surface area contributed by atoms with Gasteiger partial charge in [-0.15, -0.1) is 0 Å². The van der Waals surface area contributed by atoms with E-state index >= 15 is 0 Å². The number of hydrogen-bond acceptors (Lipinski definition) is 4. The molecule has 0 aliphatic carbocycles. The molecule has 4 heteroatoms. The molecule has 0 saturated carbocycles. The molecule has 1 aromatic heterocycles. The van der Waals surface area contributed by atoms with Gasteiger partial charge in [-0.25, -0.2) is 9.97 Å². The third-order valence-electron chi connectivity index (χ3n) is 2.42. The van der Waals surface area contributed by atoms with Gasteiger partial charge in [-0.05, 0) is 13.3 Å². The highest BCUT2D eigenvalue weighted by atomic mass is 15.2. The highest BCUT2D eigenvalue weighted by Crippen LogP contribution is 2.20. The van der Waals surface area contributed by atoms with E-state index in [-0.39, 0.29) is 0 Å². The fourth-order valence-electron chi connectivity index (χ4n) is 1.45. The van der Waals surface area contributed by atoms with E-state index in [0.29, 0.717) is 11.7 Å². The van der Waals surface area contributed by atoms with Gasteiger partial charge < -0.3 is 10.6 Å². The van der Waals surface area contributed by atoms with Gasteiger partial charge in [-0.1, -0.05) is 13.3 Å². The highest BCUT2D eigenvalue weighted by molar-refractivity contribution is 5.60. The summed E-state index contributed by atoms with van der Waals surface area (Å²) in [6.45, 7) is 4.35. The van der Waals surface area contributed by atoms with Crippen LogP contribution in [0.3, 0.4) is 0 Å². The Bertz CT molecular complexity index is 287. The van der Waals surface area contributed by atoms with Crippen LogP contribution < -0.4 is 10.6 Å². The second-order valence-electron chi connectivity index (χ2n) is 3.55. The van der Waals surface area contributed by atoms with Crippen molar-refractivity contribution in [1.82, 2.24) is 9.97 Å². The minimum atomic E-state index is 0.456. The summed E-state index contributed by atoms with van der Waals surface area (Å²) in [4.78, 5) is 10.1. The number of hydrogen-bond donors (Lipinski definition) is 1. The Balaban J connectivity index is 2.78. The Morgan fingerprint density at radius 3 is 2.86 bits per heavy atom. The third-order valence-corrected chi connectivity index (χ3v) is 2.42. The van der Waals surface area contributed by atoms with Gasteiger partial charge in [0.15, 0.2) is 5.82 Å². The third kappa shape index (κ3) is 2.34. The predicted molar refractivity (Wildman–Crippen MR) is 59.2 cm³/mol. The molecular formula is C10H18N4. The summed E-state index contributed by atoms with van der Waals surface area (Å²) in [7, 11) is 2.01. The molecule has 0 bridgehead atoms. The van der Waals surface area contributed by atoms with Crippen molar-refractivity contribution >= 4 is 11.5 Å². The van der Waals surface area contributed by atoms with Crippen LogP contribution in [0.4, 0.5) is 11.5 Å². The summed E-state index contributed by atoms with van der Waals surface area (Å²) in [5.41, 5.74) is 6.43. The molecule has 0 saturated heterocycles. The van der Waals surface area contributed by atoms with Gasteiger partial charge in [0.1, 0.15) is 6.33 Å². The van der Waals surface area contributed by atoms with Gasteiger partial charge in [0, 0.05) is 13.1 Å². The largest absolute Gasteiger partial charge is 0.394 e. The van der Waals surface area contributed by atoms with Crippen molar-refractivity contribution in [3.8, 4) is 0 Å². The van der Waals surface area contributed by atoms with Crippen molar-refractivity contribution in [2.45, 2.75) is 32.7 Å². The average Bonchev–Trinajstić information content (AvgIpc) is 2.18. The number of rotatable bonds is 4. The first kappa shape index (κ1) is 10.8. The first-order valence-corrected chi connectivity index (χ1v) is 4.95. The van der Waals surface area contributed by atoms with Crippen LogP contribution in [-0.2, 0) is 0 Å². The molecular weight excluding hydrogens is 176 g/mol. The fourth-order valence-corrected chi connectivity index (χ4v) is 1.45. The molecule has 0 amide bonds. The summed E-state index contributed by atoms with van der Waals surface area (Å²) in [5, 5.41) is 0. The van der Waals surface area contributed by atoms with Crippen LogP contribution >= 0.6 is 0 Å². The van der Waals surface area contributed by atoms with Crippen molar-refractivity contribution in [3.05, 3.63) is 12.5 Å². The molecule has 4 nitrogen and oxygen atoms in total. The van der Waals surface area contributed by atoms with E-state index in [1.165, 1.54) is 6.33 Å². The van der Waals surface area contributed by atoms with Gasteiger partial charge in [-0.3, -0.25) is 0 Å². The van der Waals surface area contributed by atoms with Crippen LogP contribution in [-0.4, -0.2) is 23.1 Å². The lowest BCUT2D eigenvalue weighted by atomic mass is 10.2. The van der Waals surface area contributed by atoms with Crippen LogP contribution in [0.2, 0.25) is 0 Å². The van der Waals surface area contributed by atoms with Gasteiger partial charge in [0.25, 0.3) is 0 Å². The fraction of sp³-hybridized carbons (Fsp3) is 0.600. The first-order valence-electron chi connectivity index (χ1n) is 4.95. The van der Waals surface area contributed by atoms with E-state index in [9.17, 15) is 0 Å². The summed E-state index contributed by atoms with van der Waals surface area (Å²) < 4.78 is 0. The molecule has 0 spiro atoms. The number of nitrogen functional groups attached to an aromatic ring is 1. The molecule has 78 valence electrons. The Kier molecular flexibility index (Phi) is 3.68. The molecule has 14 heavy (non-hydrogen) atoms. The van der Waals surface area contributed by atoms with E-state index in [0.717, 1.165) is 18.7 Å². The molecule has 1 unspecified atom stereocenters. The van der Waals surface area contributed by atoms with Gasteiger partial charge >= 0.3 is 0 Å². The lowest BCUT2D eigenvalue weighted by Crippen LogP contribution is -2.30. The molecule has 2 N–H and O–H groups in total. The lowest BCUT2D eigenvalue weighted by molar-refractivity contribution is 0.611. The Morgan fingerprint density at radius 2 is 2.29 bits per heavy atom. The second kappa shape index (κ2) is 4.79. The average molecular weight is 194 g/mol. The highest BCUT2D eigenvalue weighted by Gasteiger charge is 2.12. The topological polar surface area (TPSA) is 55.0 Å². The van der Waals surface area contributed by atoms with Crippen molar-refractivity contribution in [2.75, 3.05) is 17.7 Å². The molecule has 1 heterocycles. The van der Waals surface area contributed by atoms with Gasteiger partial charge in [0.05, 0.1) is 11.9 Å². The molecule has 0 aliphatic heterocycles. The number of anilines is 2. The van der Waals surface area contributed by atoms with E-state index < -0.39 is 0 Å². The lowest BCUT2D eigenvalue weighted by Gasteiger charge is -2.26. The SMILES string of the molecule is CCCC(C)N(C)c1ncncc1N. The zero-order valence-electron chi connectivity index (χ0n) is 9.07. The van der Waals surface area contributed by atoms with Crippen molar-refractivity contribution in [3.63, 3.8) is 0 Å². The van der Waals surface area contributed by atoms with Crippen LogP contribution in [0.15, 0.2) is 12.5 Å². The maximum Gasteiger partial charge on any atom is 0.155 e. The molecule has 1 rings (SSSR count). The monoisotopic (exact) mass is 194 g/mol. The van der Waals surface area contributed by atoms with Gasteiger partial charge in [-0.2, -0.15) is 0 Å². The zero-order valence-corrected chi connectivity index (χ0v) is 9.07. The van der Waals surface area contributed by atoms with Crippen molar-refractivity contribution < 1.29 is 0 Å². The molecule has 0 aliphatic rings. The predicted octanol–water partition coefficient (Wildman–Crippen LogP) is 1.68. The summed E-state index contributed by atoms with van der Waals surface area (Å²) >= 11 is 0. The number of aromatic nitrogens is 2. The maximum atomic E-state index is 5.79. The van der Waals surface area contributed by atoms with Gasteiger partial charge in [0.2, 0.25) is 0 Å². The number of nitrogens with two attached hydrogens (primary N) is 1. The summed E-state index contributed by atoms with van der Waals surface area (Å²) in [5.74, 6) is 0.820. The summed E-state index contributed by atoms with van der Waals surface area (Å²) in [6, 6.07) is 0.456. The molecule has 1 aromatic rings. The Morgan fingerprint density at radius 1 is 1.57 bits per heavy atom. The number of nitrogens with zero attached hydrogens (tertiary/aromatic N) is 3. The molecule has 0 aromatic carbocycles. The van der Waals surface area contributed by atoms with E-state index in [4.69, 9.17) is 5.73 Å². The first-order chi connectivity index (χ1) is 6.66. The quantitative estimate of drug-likeness (QED) is 0.792. The van der Waals surface area contributed by atoms with E-state index in [2.05, 4.69) is 28.7 Å². The van der Waals surface area contributed by atoms with Crippen LogP contribution in [0.1, 0.15) is 26.7 Å². The second-order valence-corrected chi connectivity index (χ2v) is 3.55. The minimum absolute atomic E-state index is 0.456. The normalized spacial score (nSPS) is 12.5. The Labute approximate surface area is 85.2 Å². The molecule has 1 atom stereocenters. The zero-order chi connectivity index (χ0) is 10.6. The van der Waals surface area contributed by atoms with Crippen molar-refractivity contribution in [2.24, 2.45) is 0 Å². The smallest absolute Gasteiger partial charge is 0.155 e. The van der Waals surface area contributed by atoms with Crippen LogP contribution in [0.25, 0.3) is 0 Å². The standard InChI is InChI=1S/C10H18N4/c1-4-5-8(2)14(3)10-9(11)6-12-7-13-10/h6-8H,4-5,11H2,1-3H3. The summed E-state index contributed by atoms with van der Waals surface area (Å²) in [6.07, 6.45) is 5.47. The van der Waals surface area contributed by atoms with Crippen molar-refractivity contribution in [1.29, 1.82) is 0 Å². The Hall–Kier alpha value is -1.32. The minimum Gasteiger partial charge on any atom is -0.394 e. The maximum absolute atomic E-state index is 5.79.